The first-order valence-corrected chi connectivity index (χ1v) is 8.71. The molecule has 2 aliphatic rings. The molecule has 1 N–H and O–H groups in total. The van der Waals surface area contributed by atoms with Gasteiger partial charge in [-0.05, 0) is 18.6 Å². The summed E-state index contributed by atoms with van der Waals surface area (Å²) in [6.07, 6.45) is 0.605. The van der Waals surface area contributed by atoms with Crippen LogP contribution in [-0.4, -0.2) is 87.3 Å². The number of nitrogens with zero attached hydrogens (tertiary/aromatic N) is 5. The molecule has 25 heavy (non-hydrogen) atoms. The molecule has 2 aromatic rings. The molecule has 1 atom stereocenters. The fourth-order valence-corrected chi connectivity index (χ4v) is 3.64. The second-order valence-corrected chi connectivity index (χ2v) is 6.91. The molecule has 0 radical (unpaired) electrons. The molecule has 1 unspecified atom stereocenters. The summed E-state index contributed by atoms with van der Waals surface area (Å²) in [5.41, 5.74) is 0.788. The van der Waals surface area contributed by atoms with Gasteiger partial charge in [0.1, 0.15) is 12.1 Å². The number of hydrogen-bond acceptors (Lipinski definition) is 6. The number of carbonyl (C=O) groups excluding carboxylic acids is 1. The minimum absolute atomic E-state index is 0.0337. The molecule has 2 fully saturated rings. The highest BCUT2D eigenvalue weighted by Gasteiger charge is 2.39. The van der Waals surface area contributed by atoms with Crippen LogP contribution in [0.15, 0.2) is 24.3 Å². The third kappa shape index (κ3) is 3.51. The Bertz CT molecular complexity index is 758. The molecule has 8 nitrogen and oxygen atoms in total. The van der Waals surface area contributed by atoms with E-state index in [2.05, 4.69) is 15.2 Å². The van der Waals surface area contributed by atoms with Crippen molar-refractivity contribution in [1.29, 1.82) is 0 Å². The van der Waals surface area contributed by atoms with Gasteiger partial charge in [-0.3, -0.25) is 9.69 Å². The number of benzene rings is 1. The summed E-state index contributed by atoms with van der Waals surface area (Å²) in [6.45, 7) is 4.77. The summed E-state index contributed by atoms with van der Waals surface area (Å²) in [5.74, 6) is -0.0337. The minimum Gasteiger partial charge on any atom is -0.387 e. The fourth-order valence-electron chi connectivity index (χ4n) is 3.64. The molecule has 0 saturated carbocycles. The van der Waals surface area contributed by atoms with Crippen LogP contribution in [0.4, 0.5) is 0 Å². The van der Waals surface area contributed by atoms with Gasteiger partial charge in [0.25, 0.3) is 0 Å². The Morgan fingerprint density at radius 3 is 2.88 bits per heavy atom. The van der Waals surface area contributed by atoms with Gasteiger partial charge in [0.05, 0.1) is 30.9 Å². The Kier molecular flexibility index (Phi) is 4.41. The highest BCUT2D eigenvalue weighted by atomic mass is 16.5. The molecule has 1 aromatic heterocycles. The number of amides is 1. The highest BCUT2D eigenvalue weighted by molar-refractivity contribution is 5.80. The van der Waals surface area contributed by atoms with Crippen LogP contribution in [0.1, 0.15) is 6.42 Å². The first-order valence-electron chi connectivity index (χ1n) is 8.71. The van der Waals surface area contributed by atoms with Crippen molar-refractivity contribution in [2.75, 3.05) is 45.9 Å². The van der Waals surface area contributed by atoms with Crippen LogP contribution in [0.2, 0.25) is 0 Å². The predicted octanol–water partition coefficient (Wildman–Crippen LogP) is -0.273. The lowest BCUT2D eigenvalue weighted by Crippen LogP contribution is -2.49. The zero-order valence-electron chi connectivity index (χ0n) is 14.2. The van der Waals surface area contributed by atoms with Crippen molar-refractivity contribution in [2.24, 2.45) is 0 Å². The third-order valence-electron chi connectivity index (χ3n) is 5.01. The maximum absolute atomic E-state index is 12.6. The van der Waals surface area contributed by atoms with Gasteiger partial charge in [-0.1, -0.05) is 17.3 Å². The molecule has 0 spiro atoms. The van der Waals surface area contributed by atoms with Gasteiger partial charge in [-0.15, -0.1) is 5.10 Å². The molecule has 134 valence electrons. The maximum Gasteiger partial charge on any atom is 0.244 e. The number of morpholine rings is 1. The third-order valence-corrected chi connectivity index (χ3v) is 5.01. The largest absolute Gasteiger partial charge is 0.387 e. The van der Waals surface area contributed by atoms with E-state index in [0.717, 1.165) is 24.1 Å². The number of hydrogen-bond donors (Lipinski definition) is 1. The number of carbonyl (C=O) groups is 1. The Morgan fingerprint density at radius 2 is 2.04 bits per heavy atom. The number of β-amino-alcohol motifs (C(OH)–C–C–N with tert-alkyl or cyclic N) is 1. The summed E-state index contributed by atoms with van der Waals surface area (Å²) < 4.78 is 6.97. The standard InChI is InChI=1S/C17H23N5O3/c23-16(11-22-15-4-2-1-3-14(15)18-19-22)21-6-5-17(24,13-21)12-20-7-9-25-10-8-20/h1-4,24H,5-13H2. The Morgan fingerprint density at radius 1 is 1.24 bits per heavy atom. The van der Waals surface area contributed by atoms with Crippen molar-refractivity contribution in [1.82, 2.24) is 24.8 Å². The number of fused-ring (bicyclic) bond motifs is 1. The Hall–Kier alpha value is -2.03. The molecule has 2 saturated heterocycles. The van der Waals surface area contributed by atoms with E-state index in [1.807, 2.05) is 24.3 Å². The number of para-hydroxylation sites is 1. The Labute approximate surface area is 146 Å². The van der Waals surface area contributed by atoms with Crippen molar-refractivity contribution in [3.8, 4) is 0 Å². The molecule has 1 aromatic carbocycles. The molecule has 4 rings (SSSR count). The monoisotopic (exact) mass is 345 g/mol. The smallest absolute Gasteiger partial charge is 0.244 e. The highest BCUT2D eigenvalue weighted by Crippen LogP contribution is 2.23. The number of aromatic nitrogens is 3. The number of likely N-dealkylation sites (tertiary alicyclic amines) is 1. The number of aliphatic hydroxyl groups is 1. The van der Waals surface area contributed by atoms with Gasteiger partial charge < -0.3 is 14.7 Å². The van der Waals surface area contributed by atoms with E-state index < -0.39 is 5.60 Å². The van der Waals surface area contributed by atoms with Crippen LogP contribution in [0, 0.1) is 0 Å². The van der Waals surface area contributed by atoms with Gasteiger partial charge in [0, 0.05) is 26.2 Å². The van der Waals surface area contributed by atoms with Crippen molar-refractivity contribution in [3.05, 3.63) is 24.3 Å². The molecule has 1 amide bonds. The fraction of sp³-hybridized carbons (Fsp3) is 0.588. The van der Waals surface area contributed by atoms with Crippen molar-refractivity contribution in [2.45, 2.75) is 18.6 Å². The van der Waals surface area contributed by atoms with Crippen molar-refractivity contribution >= 4 is 16.9 Å². The van der Waals surface area contributed by atoms with E-state index in [-0.39, 0.29) is 12.5 Å². The second kappa shape index (κ2) is 6.70. The zero-order valence-corrected chi connectivity index (χ0v) is 14.2. The van der Waals surface area contributed by atoms with E-state index in [1.54, 1.807) is 9.58 Å². The SMILES string of the molecule is O=C(Cn1nnc2ccccc21)N1CCC(O)(CN2CCOCC2)C1. The van der Waals surface area contributed by atoms with E-state index >= 15 is 0 Å². The van der Waals surface area contributed by atoms with Crippen molar-refractivity contribution in [3.63, 3.8) is 0 Å². The van der Waals surface area contributed by atoms with Gasteiger partial charge >= 0.3 is 0 Å². The average molecular weight is 345 g/mol. The predicted molar refractivity (Wildman–Crippen MR) is 90.9 cm³/mol. The van der Waals surface area contributed by atoms with Gasteiger partial charge in [0.15, 0.2) is 0 Å². The van der Waals surface area contributed by atoms with Crippen LogP contribution in [0.5, 0.6) is 0 Å². The number of ether oxygens (including phenoxy) is 1. The summed E-state index contributed by atoms with van der Waals surface area (Å²) in [4.78, 5) is 16.6. The lowest BCUT2D eigenvalue weighted by Gasteiger charge is -2.33. The normalized spacial score (nSPS) is 24.9. The van der Waals surface area contributed by atoms with Gasteiger partial charge in [-0.2, -0.15) is 0 Å². The van der Waals surface area contributed by atoms with E-state index in [0.29, 0.717) is 39.3 Å². The molecule has 3 heterocycles. The molecule has 2 aliphatic heterocycles. The lowest BCUT2D eigenvalue weighted by molar-refractivity contribution is -0.132. The van der Waals surface area contributed by atoms with Crippen LogP contribution < -0.4 is 0 Å². The Balaban J connectivity index is 1.38. The average Bonchev–Trinajstić information content (AvgIpc) is 3.20. The molecule has 0 bridgehead atoms. The van der Waals surface area contributed by atoms with Crippen LogP contribution in [-0.2, 0) is 16.1 Å². The van der Waals surface area contributed by atoms with Gasteiger partial charge in [0.2, 0.25) is 5.91 Å². The summed E-state index contributed by atoms with van der Waals surface area (Å²) in [7, 11) is 0. The van der Waals surface area contributed by atoms with Crippen LogP contribution >= 0.6 is 0 Å². The number of rotatable bonds is 4. The lowest BCUT2D eigenvalue weighted by atomic mass is 10.0. The minimum atomic E-state index is -0.836. The quantitative estimate of drug-likeness (QED) is 0.821. The molecular weight excluding hydrogens is 322 g/mol. The maximum atomic E-state index is 12.6. The first kappa shape index (κ1) is 16.4. The zero-order chi connectivity index (χ0) is 17.3. The van der Waals surface area contributed by atoms with E-state index in [9.17, 15) is 9.90 Å². The second-order valence-electron chi connectivity index (χ2n) is 6.91. The van der Waals surface area contributed by atoms with E-state index in [1.165, 1.54) is 0 Å². The van der Waals surface area contributed by atoms with Crippen LogP contribution in [0.3, 0.4) is 0 Å². The molecule has 0 aliphatic carbocycles. The van der Waals surface area contributed by atoms with E-state index in [4.69, 9.17) is 4.74 Å². The summed E-state index contributed by atoms with van der Waals surface area (Å²) in [5, 5.41) is 19.0. The molecule has 8 heteroatoms. The summed E-state index contributed by atoms with van der Waals surface area (Å²) >= 11 is 0. The summed E-state index contributed by atoms with van der Waals surface area (Å²) in [6, 6.07) is 7.58. The molecular formula is C17H23N5O3. The van der Waals surface area contributed by atoms with Gasteiger partial charge in [-0.25, -0.2) is 4.68 Å². The topological polar surface area (TPSA) is 83.7 Å². The van der Waals surface area contributed by atoms with Crippen molar-refractivity contribution < 1.29 is 14.6 Å². The first-order chi connectivity index (χ1) is 12.1. The van der Waals surface area contributed by atoms with Crippen LogP contribution in [0.25, 0.3) is 11.0 Å².